The molecular formula is C13H20N2O2. The number of aliphatic hydroxyl groups is 2. The predicted octanol–water partition coefficient (Wildman–Crippen LogP) is 1.09. The van der Waals surface area contributed by atoms with Gasteiger partial charge in [0.25, 0.3) is 0 Å². The first-order chi connectivity index (χ1) is 8.24. The standard InChI is InChI=1S/C13H20N2O2/c1-10-12(9-17)4-5-13(14-10)15-6-2-3-11(7-15)8-16/h4-5,11,16-17H,2-3,6-9H2,1H3. The average Bonchev–Trinajstić information content (AvgIpc) is 2.38. The molecule has 2 heterocycles. The highest BCUT2D eigenvalue weighted by molar-refractivity contribution is 5.42. The van der Waals surface area contributed by atoms with Crippen LogP contribution in [0.5, 0.6) is 0 Å². The third kappa shape index (κ3) is 2.76. The molecule has 17 heavy (non-hydrogen) atoms. The van der Waals surface area contributed by atoms with E-state index in [1.165, 1.54) is 0 Å². The van der Waals surface area contributed by atoms with Crippen molar-refractivity contribution < 1.29 is 10.2 Å². The third-order valence-electron chi connectivity index (χ3n) is 3.45. The maximum absolute atomic E-state index is 9.21. The van der Waals surface area contributed by atoms with E-state index in [1.807, 2.05) is 19.1 Å². The smallest absolute Gasteiger partial charge is 0.128 e. The molecule has 0 saturated carbocycles. The van der Waals surface area contributed by atoms with E-state index in [-0.39, 0.29) is 13.2 Å². The van der Waals surface area contributed by atoms with E-state index >= 15 is 0 Å². The fourth-order valence-corrected chi connectivity index (χ4v) is 2.34. The molecular weight excluding hydrogens is 216 g/mol. The van der Waals surface area contributed by atoms with Crippen molar-refractivity contribution in [1.82, 2.24) is 4.98 Å². The van der Waals surface area contributed by atoms with Crippen molar-refractivity contribution in [3.63, 3.8) is 0 Å². The molecule has 2 rings (SSSR count). The molecule has 0 spiro atoms. The van der Waals surface area contributed by atoms with Crippen LogP contribution >= 0.6 is 0 Å². The molecule has 1 saturated heterocycles. The minimum absolute atomic E-state index is 0.0401. The van der Waals surface area contributed by atoms with Crippen LogP contribution in [-0.2, 0) is 6.61 Å². The topological polar surface area (TPSA) is 56.6 Å². The van der Waals surface area contributed by atoms with Gasteiger partial charge in [0.15, 0.2) is 0 Å². The molecule has 0 bridgehead atoms. The zero-order valence-electron chi connectivity index (χ0n) is 10.3. The van der Waals surface area contributed by atoms with Gasteiger partial charge in [0.05, 0.1) is 6.61 Å². The van der Waals surface area contributed by atoms with Crippen LogP contribution < -0.4 is 4.90 Å². The van der Waals surface area contributed by atoms with Crippen LogP contribution in [0.15, 0.2) is 12.1 Å². The van der Waals surface area contributed by atoms with Gasteiger partial charge in [-0.25, -0.2) is 4.98 Å². The van der Waals surface area contributed by atoms with Gasteiger partial charge < -0.3 is 15.1 Å². The predicted molar refractivity (Wildman–Crippen MR) is 66.9 cm³/mol. The fourth-order valence-electron chi connectivity index (χ4n) is 2.34. The monoisotopic (exact) mass is 236 g/mol. The molecule has 1 fully saturated rings. The quantitative estimate of drug-likeness (QED) is 0.825. The zero-order chi connectivity index (χ0) is 12.3. The van der Waals surface area contributed by atoms with E-state index in [2.05, 4.69) is 9.88 Å². The van der Waals surface area contributed by atoms with Crippen molar-refractivity contribution in [3.05, 3.63) is 23.4 Å². The van der Waals surface area contributed by atoms with Crippen molar-refractivity contribution >= 4 is 5.82 Å². The SMILES string of the molecule is Cc1nc(N2CCCC(CO)C2)ccc1CO. The summed E-state index contributed by atoms with van der Waals surface area (Å²) in [6, 6.07) is 3.89. The van der Waals surface area contributed by atoms with Crippen molar-refractivity contribution in [3.8, 4) is 0 Å². The lowest BCUT2D eigenvalue weighted by molar-refractivity contribution is 0.208. The molecule has 0 amide bonds. The second-order valence-electron chi connectivity index (χ2n) is 4.71. The van der Waals surface area contributed by atoms with Gasteiger partial charge in [-0.05, 0) is 37.3 Å². The van der Waals surface area contributed by atoms with E-state index in [9.17, 15) is 5.11 Å². The maximum Gasteiger partial charge on any atom is 0.128 e. The van der Waals surface area contributed by atoms with Gasteiger partial charge in [-0.1, -0.05) is 6.07 Å². The lowest BCUT2D eigenvalue weighted by atomic mass is 9.99. The van der Waals surface area contributed by atoms with Gasteiger partial charge in [-0.15, -0.1) is 0 Å². The van der Waals surface area contributed by atoms with E-state index < -0.39 is 0 Å². The summed E-state index contributed by atoms with van der Waals surface area (Å²) in [5.41, 5.74) is 1.76. The first kappa shape index (κ1) is 12.3. The number of hydrogen-bond acceptors (Lipinski definition) is 4. The Morgan fingerprint density at radius 1 is 1.41 bits per heavy atom. The number of pyridine rings is 1. The number of aromatic nitrogens is 1. The summed E-state index contributed by atoms with van der Waals surface area (Å²) in [5.74, 6) is 1.32. The van der Waals surface area contributed by atoms with Crippen molar-refractivity contribution in [2.75, 3.05) is 24.6 Å². The normalized spacial score (nSPS) is 20.6. The highest BCUT2D eigenvalue weighted by Crippen LogP contribution is 2.22. The highest BCUT2D eigenvalue weighted by atomic mass is 16.3. The maximum atomic E-state index is 9.21. The fraction of sp³-hybridized carbons (Fsp3) is 0.615. The first-order valence-corrected chi connectivity index (χ1v) is 6.17. The van der Waals surface area contributed by atoms with Gasteiger partial charge in [0, 0.05) is 25.4 Å². The van der Waals surface area contributed by atoms with E-state index in [0.717, 1.165) is 43.0 Å². The molecule has 4 heteroatoms. The van der Waals surface area contributed by atoms with E-state index in [0.29, 0.717) is 5.92 Å². The molecule has 1 aromatic heterocycles. The second kappa shape index (κ2) is 5.47. The van der Waals surface area contributed by atoms with Crippen LogP contribution in [0, 0.1) is 12.8 Å². The third-order valence-corrected chi connectivity index (χ3v) is 3.45. The van der Waals surface area contributed by atoms with Crippen LogP contribution in [0.25, 0.3) is 0 Å². The first-order valence-electron chi connectivity index (χ1n) is 6.17. The molecule has 4 nitrogen and oxygen atoms in total. The summed E-state index contributed by atoms with van der Waals surface area (Å²) >= 11 is 0. The number of aliphatic hydroxyl groups excluding tert-OH is 2. The summed E-state index contributed by atoms with van der Waals surface area (Å²) in [4.78, 5) is 6.74. The van der Waals surface area contributed by atoms with Crippen LogP contribution in [0.2, 0.25) is 0 Å². The van der Waals surface area contributed by atoms with Gasteiger partial charge in [-0.3, -0.25) is 0 Å². The van der Waals surface area contributed by atoms with Crippen LogP contribution in [-0.4, -0.2) is 34.9 Å². The number of anilines is 1. The molecule has 1 aliphatic heterocycles. The van der Waals surface area contributed by atoms with Crippen LogP contribution in [0.4, 0.5) is 5.82 Å². The Morgan fingerprint density at radius 3 is 2.88 bits per heavy atom. The number of hydrogen-bond donors (Lipinski definition) is 2. The Hall–Kier alpha value is -1.13. The number of nitrogens with zero attached hydrogens (tertiary/aromatic N) is 2. The molecule has 1 aliphatic rings. The minimum atomic E-state index is 0.0401. The Labute approximate surface area is 102 Å². The van der Waals surface area contributed by atoms with Crippen LogP contribution in [0.3, 0.4) is 0 Å². The Morgan fingerprint density at radius 2 is 2.24 bits per heavy atom. The largest absolute Gasteiger partial charge is 0.396 e. The van der Waals surface area contributed by atoms with E-state index in [4.69, 9.17) is 5.11 Å². The summed E-state index contributed by atoms with van der Waals surface area (Å²) < 4.78 is 0. The molecule has 94 valence electrons. The molecule has 1 aromatic rings. The van der Waals surface area contributed by atoms with Crippen LogP contribution in [0.1, 0.15) is 24.1 Å². The lowest BCUT2D eigenvalue weighted by Crippen LogP contribution is -2.37. The van der Waals surface area contributed by atoms with Crippen molar-refractivity contribution in [2.45, 2.75) is 26.4 Å². The zero-order valence-corrected chi connectivity index (χ0v) is 10.3. The van der Waals surface area contributed by atoms with Gasteiger partial charge in [0.2, 0.25) is 0 Å². The van der Waals surface area contributed by atoms with Gasteiger partial charge >= 0.3 is 0 Å². The van der Waals surface area contributed by atoms with Gasteiger partial charge in [-0.2, -0.15) is 0 Å². The Bertz CT molecular complexity index is 382. The molecule has 1 atom stereocenters. The summed E-state index contributed by atoms with van der Waals surface area (Å²) in [6.07, 6.45) is 2.20. The lowest BCUT2D eigenvalue weighted by Gasteiger charge is -2.33. The van der Waals surface area contributed by atoms with Crippen molar-refractivity contribution in [1.29, 1.82) is 0 Å². The number of rotatable bonds is 3. The Balaban J connectivity index is 2.13. The molecule has 0 aliphatic carbocycles. The van der Waals surface area contributed by atoms with Crippen molar-refractivity contribution in [2.24, 2.45) is 5.92 Å². The molecule has 1 unspecified atom stereocenters. The molecule has 0 radical (unpaired) electrons. The average molecular weight is 236 g/mol. The minimum Gasteiger partial charge on any atom is -0.396 e. The number of piperidine rings is 1. The summed E-state index contributed by atoms with van der Waals surface area (Å²) in [7, 11) is 0. The summed E-state index contributed by atoms with van der Waals surface area (Å²) in [5, 5.41) is 18.3. The molecule has 2 N–H and O–H groups in total. The van der Waals surface area contributed by atoms with Gasteiger partial charge in [0.1, 0.15) is 5.82 Å². The highest BCUT2D eigenvalue weighted by Gasteiger charge is 2.20. The Kier molecular flexibility index (Phi) is 3.97. The number of aryl methyl sites for hydroxylation is 1. The van der Waals surface area contributed by atoms with E-state index in [1.54, 1.807) is 0 Å². The summed E-state index contributed by atoms with van der Waals surface area (Å²) in [6.45, 7) is 4.09. The molecule has 0 aromatic carbocycles. The second-order valence-corrected chi connectivity index (χ2v) is 4.71.